The van der Waals surface area contributed by atoms with Gasteiger partial charge < -0.3 is 10.6 Å². The zero-order chi connectivity index (χ0) is 14.7. The molecule has 1 aromatic rings. The van der Waals surface area contributed by atoms with Gasteiger partial charge in [0.2, 0.25) is 5.91 Å². The minimum Gasteiger partial charge on any atom is -0.384 e. The van der Waals surface area contributed by atoms with Crippen LogP contribution in [0.3, 0.4) is 0 Å². The summed E-state index contributed by atoms with van der Waals surface area (Å²) >= 11 is 0. The molecule has 1 aromatic carbocycles. The number of nitrogens with one attached hydrogen (secondary N) is 2. The lowest BCUT2D eigenvalue weighted by Crippen LogP contribution is -2.45. The minimum atomic E-state index is 0.0651. The quantitative estimate of drug-likeness (QED) is 0.819. The SMILES string of the molecule is CC1CCCCCC1NC(=O)C1CNc2ccccc2C1. The highest BCUT2D eigenvalue weighted by molar-refractivity contribution is 5.81. The highest BCUT2D eigenvalue weighted by Gasteiger charge is 2.28. The molecule has 3 atom stereocenters. The third-order valence-electron chi connectivity index (χ3n) is 5.08. The Labute approximate surface area is 127 Å². The highest BCUT2D eigenvalue weighted by atomic mass is 16.2. The lowest BCUT2D eigenvalue weighted by atomic mass is 9.91. The van der Waals surface area contributed by atoms with Gasteiger partial charge in [-0.1, -0.05) is 44.4 Å². The van der Waals surface area contributed by atoms with Gasteiger partial charge in [-0.25, -0.2) is 0 Å². The molecule has 2 aliphatic rings. The molecule has 0 radical (unpaired) electrons. The molecule has 1 aliphatic heterocycles. The van der Waals surface area contributed by atoms with E-state index in [-0.39, 0.29) is 11.8 Å². The second kappa shape index (κ2) is 6.50. The van der Waals surface area contributed by atoms with Gasteiger partial charge in [0.1, 0.15) is 0 Å². The Hall–Kier alpha value is -1.51. The smallest absolute Gasteiger partial charge is 0.225 e. The van der Waals surface area contributed by atoms with Gasteiger partial charge in [0, 0.05) is 18.3 Å². The summed E-state index contributed by atoms with van der Waals surface area (Å²) in [6.45, 7) is 3.04. The Bertz CT molecular complexity index is 500. The number of anilines is 1. The van der Waals surface area contributed by atoms with Gasteiger partial charge >= 0.3 is 0 Å². The average Bonchev–Trinajstić information content (AvgIpc) is 2.72. The molecule has 3 unspecified atom stereocenters. The lowest BCUT2D eigenvalue weighted by molar-refractivity contribution is -0.125. The molecule has 21 heavy (non-hydrogen) atoms. The van der Waals surface area contributed by atoms with Crippen molar-refractivity contribution in [2.75, 3.05) is 11.9 Å². The Morgan fingerprint density at radius 2 is 2.00 bits per heavy atom. The molecule has 0 saturated heterocycles. The third kappa shape index (κ3) is 3.39. The predicted molar refractivity (Wildman–Crippen MR) is 86.3 cm³/mol. The summed E-state index contributed by atoms with van der Waals surface area (Å²) in [5, 5.41) is 6.72. The van der Waals surface area contributed by atoms with Crippen LogP contribution in [0.25, 0.3) is 0 Å². The highest BCUT2D eigenvalue weighted by Crippen LogP contribution is 2.26. The first kappa shape index (κ1) is 14.4. The van der Waals surface area contributed by atoms with Crippen molar-refractivity contribution >= 4 is 11.6 Å². The molecule has 0 aromatic heterocycles. The number of hydrogen-bond acceptors (Lipinski definition) is 2. The van der Waals surface area contributed by atoms with Crippen LogP contribution in [0, 0.1) is 11.8 Å². The van der Waals surface area contributed by atoms with Gasteiger partial charge in [-0.05, 0) is 36.8 Å². The largest absolute Gasteiger partial charge is 0.384 e. The monoisotopic (exact) mass is 286 g/mol. The summed E-state index contributed by atoms with van der Waals surface area (Å²) in [7, 11) is 0. The van der Waals surface area contributed by atoms with Crippen molar-refractivity contribution in [3.63, 3.8) is 0 Å². The Kier molecular flexibility index (Phi) is 4.47. The van der Waals surface area contributed by atoms with E-state index >= 15 is 0 Å². The van der Waals surface area contributed by atoms with E-state index in [1.807, 2.05) is 12.1 Å². The van der Waals surface area contributed by atoms with Crippen LogP contribution in [0.15, 0.2) is 24.3 Å². The summed E-state index contributed by atoms with van der Waals surface area (Å²) in [5.41, 5.74) is 2.45. The molecule has 1 heterocycles. The maximum Gasteiger partial charge on any atom is 0.225 e. The summed E-state index contributed by atoms with van der Waals surface area (Å²) in [6, 6.07) is 8.68. The van der Waals surface area contributed by atoms with E-state index in [0.29, 0.717) is 12.0 Å². The molecule has 114 valence electrons. The lowest BCUT2D eigenvalue weighted by Gasteiger charge is -2.29. The van der Waals surface area contributed by atoms with E-state index in [1.54, 1.807) is 0 Å². The van der Waals surface area contributed by atoms with E-state index in [0.717, 1.165) is 19.4 Å². The van der Waals surface area contributed by atoms with Crippen LogP contribution < -0.4 is 10.6 Å². The number of rotatable bonds is 2. The number of hydrogen-bond donors (Lipinski definition) is 2. The van der Waals surface area contributed by atoms with Gasteiger partial charge in [-0.15, -0.1) is 0 Å². The first-order valence-corrected chi connectivity index (χ1v) is 8.36. The van der Waals surface area contributed by atoms with Gasteiger partial charge in [-0.2, -0.15) is 0 Å². The van der Waals surface area contributed by atoms with Crippen molar-refractivity contribution in [2.24, 2.45) is 11.8 Å². The minimum absolute atomic E-state index is 0.0651. The molecular weight excluding hydrogens is 260 g/mol. The Balaban J connectivity index is 1.61. The number of benzene rings is 1. The molecule has 0 spiro atoms. The standard InChI is InChI=1S/C18H26N2O/c1-13-7-3-2-4-9-16(13)20-18(21)15-11-14-8-5-6-10-17(14)19-12-15/h5-6,8,10,13,15-16,19H,2-4,7,9,11-12H2,1H3,(H,20,21). The van der Waals surface area contributed by atoms with Crippen molar-refractivity contribution in [3.8, 4) is 0 Å². The second-order valence-electron chi connectivity index (χ2n) is 6.67. The summed E-state index contributed by atoms with van der Waals surface area (Å²) < 4.78 is 0. The molecular formula is C18H26N2O. The molecule has 1 amide bonds. The van der Waals surface area contributed by atoms with Crippen LogP contribution in [0.1, 0.15) is 44.6 Å². The van der Waals surface area contributed by atoms with Crippen LogP contribution in [0.4, 0.5) is 5.69 Å². The third-order valence-corrected chi connectivity index (χ3v) is 5.08. The maximum atomic E-state index is 12.6. The molecule has 3 nitrogen and oxygen atoms in total. The fraction of sp³-hybridized carbons (Fsp3) is 0.611. The van der Waals surface area contributed by atoms with Crippen molar-refractivity contribution in [1.29, 1.82) is 0 Å². The van der Waals surface area contributed by atoms with E-state index < -0.39 is 0 Å². The molecule has 0 bridgehead atoms. The van der Waals surface area contributed by atoms with E-state index in [2.05, 4.69) is 29.7 Å². The molecule has 1 saturated carbocycles. The number of carbonyl (C=O) groups is 1. The summed E-state index contributed by atoms with van der Waals surface area (Å²) in [6.07, 6.45) is 7.12. The van der Waals surface area contributed by atoms with Crippen LogP contribution in [-0.2, 0) is 11.2 Å². The summed E-state index contributed by atoms with van der Waals surface area (Å²) in [5.74, 6) is 0.909. The predicted octanol–water partition coefficient (Wildman–Crippen LogP) is 3.36. The zero-order valence-corrected chi connectivity index (χ0v) is 12.9. The average molecular weight is 286 g/mol. The van der Waals surface area contributed by atoms with Crippen molar-refractivity contribution in [1.82, 2.24) is 5.32 Å². The van der Waals surface area contributed by atoms with Gasteiger partial charge in [0.15, 0.2) is 0 Å². The molecule has 3 rings (SSSR count). The molecule has 1 aliphatic carbocycles. The van der Waals surface area contributed by atoms with E-state index in [1.165, 1.54) is 36.9 Å². The van der Waals surface area contributed by atoms with Gasteiger partial charge in [0.05, 0.1) is 5.92 Å². The number of para-hydroxylation sites is 1. The van der Waals surface area contributed by atoms with Crippen molar-refractivity contribution in [3.05, 3.63) is 29.8 Å². The fourth-order valence-corrected chi connectivity index (χ4v) is 3.63. The second-order valence-corrected chi connectivity index (χ2v) is 6.67. The normalized spacial score (nSPS) is 28.9. The van der Waals surface area contributed by atoms with Gasteiger partial charge in [0.25, 0.3) is 0 Å². The van der Waals surface area contributed by atoms with Crippen LogP contribution in [0.5, 0.6) is 0 Å². The number of carbonyl (C=O) groups excluding carboxylic acids is 1. The number of amides is 1. The fourth-order valence-electron chi connectivity index (χ4n) is 3.63. The summed E-state index contributed by atoms with van der Waals surface area (Å²) in [4.78, 5) is 12.6. The zero-order valence-electron chi connectivity index (χ0n) is 12.9. The maximum absolute atomic E-state index is 12.6. The van der Waals surface area contributed by atoms with Gasteiger partial charge in [-0.3, -0.25) is 4.79 Å². The first-order chi connectivity index (χ1) is 10.2. The topological polar surface area (TPSA) is 41.1 Å². The molecule has 1 fully saturated rings. The van der Waals surface area contributed by atoms with Crippen LogP contribution >= 0.6 is 0 Å². The first-order valence-electron chi connectivity index (χ1n) is 8.36. The van der Waals surface area contributed by atoms with Crippen molar-refractivity contribution in [2.45, 2.75) is 51.5 Å². The number of fused-ring (bicyclic) bond motifs is 1. The van der Waals surface area contributed by atoms with Crippen LogP contribution in [-0.4, -0.2) is 18.5 Å². The van der Waals surface area contributed by atoms with E-state index in [4.69, 9.17) is 0 Å². The Morgan fingerprint density at radius 1 is 1.19 bits per heavy atom. The van der Waals surface area contributed by atoms with Crippen molar-refractivity contribution < 1.29 is 4.79 Å². The molecule has 2 N–H and O–H groups in total. The molecule has 3 heteroatoms. The van der Waals surface area contributed by atoms with E-state index in [9.17, 15) is 4.79 Å². The Morgan fingerprint density at radius 3 is 2.90 bits per heavy atom. The van der Waals surface area contributed by atoms with Crippen LogP contribution in [0.2, 0.25) is 0 Å².